The molecule has 0 aromatic carbocycles. The smallest absolute Gasteiger partial charge is 0.267 e. The molecule has 1 aliphatic rings. The van der Waals surface area contributed by atoms with Crippen LogP contribution in [-0.4, -0.2) is 41.3 Å². The normalized spacial score (nSPS) is 16.0. The summed E-state index contributed by atoms with van der Waals surface area (Å²) in [5.41, 5.74) is 1.02. The summed E-state index contributed by atoms with van der Waals surface area (Å²) in [7, 11) is -0.559. The molecule has 25 heavy (non-hydrogen) atoms. The van der Waals surface area contributed by atoms with Crippen molar-refractivity contribution in [2.75, 3.05) is 7.05 Å². The van der Waals surface area contributed by atoms with E-state index in [9.17, 15) is 13.2 Å². The van der Waals surface area contributed by atoms with E-state index in [-0.39, 0.29) is 22.9 Å². The maximum Gasteiger partial charge on any atom is 0.267 e. The standard InChI is InChI=1S/C17H22N4O3S/c1-12(15-6-4-5-9-19-15)21(13-7-8-13)25(23,24)14-10-16(17(22)18-2)20(3)11-14/h4-6,9-13H,7-8H2,1-3H3,(H,18,22)/t12-/m0/s1. The summed E-state index contributed by atoms with van der Waals surface area (Å²) in [5.74, 6) is -0.320. The molecule has 3 rings (SSSR count). The third kappa shape index (κ3) is 3.32. The number of hydrogen-bond acceptors (Lipinski definition) is 4. The molecule has 2 aromatic rings. The molecule has 0 radical (unpaired) electrons. The van der Waals surface area contributed by atoms with Gasteiger partial charge in [0.25, 0.3) is 5.91 Å². The molecule has 1 fully saturated rings. The number of aryl methyl sites for hydroxylation is 1. The van der Waals surface area contributed by atoms with Crippen LogP contribution in [0.1, 0.15) is 42.0 Å². The molecule has 2 aromatic heterocycles. The SMILES string of the molecule is CNC(=O)c1cc(S(=O)(=O)N(C2CC2)[C@@H](C)c2ccccn2)cn1C. The highest BCUT2D eigenvalue weighted by molar-refractivity contribution is 7.89. The van der Waals surface area contributed by atoms with Gasteiger partial charge in [0.1, 0.15) is 10.6 Å². The lowest BCUT2D eigenvalue weighted by Gasteiger charge is -2.27. The van der Waals surface area contributed by atoms with Crippen LogP contribution in [0, 0.1) is 0 Å². The lowest BCUT2D eigenvalue weighted by molar-refractivity contribution is 0.0955. The highest BCUT2D eigenvalue weighted by Gasteiger charge is 2.42. The van der Waals surface area contributed by atoms with Crippen LogP contribution >= 0.6 is 0 Å². The molecule has 1 amide bonds. The molecule has 1 atom stereocenters. The van der Waals surface area contributed by atoms with Crippen LogP contribution in [0.3, 0.4) is 0 Å². The molecule has 2 heterocycles. The lowest BCUT2D eigenvalue weighted by atomic mass is 10.2. The molecule has 0 unspecified atom stereocenters. The number of aromatic nitrogens is 2. The van der Waals surface area contributed by atoms with Gasteiger partial charge in [-0.3, -0.25) is 9.78 Å². The van der Waals surface area contributed by atoms with E-state index < -0.39 is 10.0 Å². The molecular weight excluding hydrogens is 340 g/mol. The third-order valence-corrected chi connectivity index (χ3v) is 6.41. The van der Waals surface area contributed by atoms with Crippen molar-refractivity contribution in [1.29, 1.82) is 0 Å². The second-order valence-electron chi connectivity index (χ2n) is 6.25. The second-order valence-corrected chi connectivity index (χ2v) is 8.09. The molecule has 1 saturated carbocycles. The van der Waals surface area contributed by atoms with Crippen LogP contribution in [0.2, 0.25) is 0 Å². The first-order chi connectivity index (χ1) is 11.9. The van der Waals surface area contributed by atoms with Gasteiger partial charge in [-0.05, 0) is 38.0 Å². The van der Waals surface area contributed by atoms with Gasteiger partial charge in [0.05, 0.1) is 11.7 Å². The van der Waals surface area contributed by atoms with Crippen molar-refractivity contribution in [2.45, 2.75) is 36.7 Å². The van der Waals surface area contributed by atoms with Gasteiger partial charge < -0.3 is 9.88 Å². The second kappa shape index (κ2) is 6.61. The van der Waals surface area contributed by atoms with Crippen molar-refractivity contribution in [3.63, 3.8) is 0 Å². The van der Waals surface area contributed by atoms with Crippen molar-refractivity contribution >= 4 is 15.9 Å². The van der Waals surface area contributed by atoms with E-state index in [1.54, 1.807) is 19.3 Å². The van der Waals surface area contributed by atoms with Crippen LogP contribution in [0.25, 0.3) is 0 Å². The molecule has 0 spiro atoms. The molecule has 0 aliphatic heterocycles. The highest BCUT2D eigenvalue weighted by atomic mass is 32.2. The fourth-order valence-corrected chi connectivity index (χ4v) is 4.88. The fourth-order valence-electron chi connectivity index (χ4n) is 2.95. The largest absolute Gasteiger partial charge is 0.354 e. The molecule has 7 nitrogen and oxygen atoms in total. The Morgan fingerprint density at radius 2 is 2.12 bits per heavy atom. The molecule has 1 N–H and O–H groups in total. The lowest BCUT2D eigenvalue weighted by Crippen LogP contribution is -2.35. The van der Waals surface area contributed by atoms with Crippen LogP contribution in [0.15, 0.2) is 41.6 Å². The molecule has 8 heteroatoms. The van der Waals surface area contributed by atoms with Gasteiger partial charge in [0.15, 0.2) is 0 Å². The zero-order chi connectivity index (χ0) is 18.2. The van der Waals surface area contributed by atoms with Crippen LogP contribution in [0.4, 0.5) is 0 Å². The quantitative estimate of drug-likeness (QED) is 0.848. The minimum atomic E-state index is -3.74. The van der Waals surface area contributed by atoms with Gasteiger partial charge in [-0.25, -0.2) is 8.42 Å². The van der Waals surface area contributed by atoms with Crippen molar-refractivity contribution in [2.24, 2.45) is 7.05 Å². The zero-order valence-corrected chi connectivity index (χ0v) is 15.3. The topological polar surface area (TPSA) is 84.3 Å². The van der Waals surface area contributed by atoms with Gasteiger partial charge in [-0.15, -0.1) is 0 Å². The van der Waals surface area contributed by atoms with Crippen LogP contribution in [0.5, 0.6) is 0 Å². The van der Waals surface area contributed by atoms with Crippen molar-refractivity contribution < 1.29 is 13.2 Å². The number of carbonyl (C=O) groups is 1. The molecular formula is C17H22N4O3S. The Morgan fingerprint density at radius 1 is 1.40 bits per heavy atom. The summed E-state index contributed by atoms with van der Waals surface area (Å²) in [6.07, 6.45) is 4.83. The van der Waals surface area contributed by atoms with E-state index >= 15 is 0 Å². The maximum absolute atomic E-state index is 13.3. The highest BCUT2D eigenvalue weighted by Crippen LogP contribution is 2.38. The fraction of sp³-hybridized carbons (Fsp3) is 0.412. The Balaban J connectivity index is 2.00. The van der Waals surface area contributed by atoms with Gasteiger partial charge in [0, 0.05) is 32.5 Å². The summed E-state index contributed by atoms with van der Waals surface area (Å²) >= 11 is 0. The Kier molecular flexibility index (Phi) is 4.66. The average molecular weight is 362 g/mol. The zero-order valence-electron chi connectivity index (χ0n) is 14.5. The van der Waals surface area contributed by atoms with E-state index in [4.69, 9.17) is 0 Å². The Labute approximate surface area is 147 Å². The Hall–Kier alpha value is -2.19. The molecule has 0 bridgehead atoms. The first-order valence-electron chi connectivity index (χ1n) is 8.19. The number of sulfonamides is 1. The monoisotopic (exact) mass is 362 g/mol. The Bertz CT molecular complexity index is 873. The maximum atomic E-state index is 13.3. The van der Waals surface area contributed by atoms with Gasteiger partial charge >= 0.3 is 0 Å². The number of amides is 1. The first kappa shape index (κ1) is 17.6. The number of nitrogens with one attached hydrogen (secondary N) is 1. The van der Waals surface area contributed by atoms with Crippen LogP contribution < -0.4 is 5.32 Å². The summed E-state index contributed by atoms with van der Waals surface area (Å²) in [5, 5.41) is 2.52. The van der Waals surface area contributed by atoms with Crippen LogP contribution in [-0.2, 0) is 17.1 Å². The van der Waals surface area contributed by atoms with Gasteiger partial charge in [-0.2, -0.15) is 4.31 Å². The predicted octanol–water partition coefficient (Wildman–Crippen LogP) is 1.69. The van der Waals surface area contributed by atoms with E-state index in [0.29, 0.717) is 11.4 Å². The number of nitrogens with zero attached hydrogens (tertiary/aromatic N) is 3. The van der Waals surface area contributed by atoms with Crippen molar-refractivity contribution in [3.8, 4) is 0 Å². The van der Waals surface area contributed by atoms with E-state index in [0.717, 1.165) is 12.8 Å². The van der Waals surface area contributed by atoms with Gasteiger partial charge in [-0.1, -0.05) is 6.07 Å². The van der Waals surface area contributed by atoms with E-state index in [1.807, 2.05) is 19.1 Å². The van der Waals surface area contributed by atoms with E-state index in [1.165, 1.54) is 28.2 Å². The summed E-state index contributed by atoms with van der Waals surface area (Å²) in [6.45, 7) is 1.85. The number of hydrogen-bond donors (Lipinski definition) is 1. The van der Waals surface area contributed by atoms with Crippen molar-refractivity contribution in [3.05, 3.63) is 48.0 Å². The summed E-state index contributed by atoms with van der Waals surface area (Å²) in [4.78, 5) is 16.3. The third-order valence-electron chi connectivity index (χ3n) is 4.42. The Morgan fingerprint density at radius 3 is 2.68 bits per heavy atom. The minimum Gasteiger partial charge on any atom is -0.354 e. The number of rotatable bonds is 6. The minimum absolute atomic E-state index is 0.0225. The summed E-state index contributed by atoms with van der Waals surface area (Å²) < 4.78 is 29.6. The first-order valence-corrected chi connectivity index (χ1v) is 9.63. The molecule has 0 saturated heterocycles. The molecule has 1 aliphatic carbocycles. The van der Waals surface area contributed by atoms with Crippen molar-refractivity contribution in [1.82, 2.24) is 19.2 Å². The number of carbonyl (C=O) groups excluding carboxylic acids is 1. The molecule has 134 valence electrons. The predicted molar refractivity (Wildman–Crippen MR) is 93.5 cm³/mol. The van der Waals surface area contributed by atoms with E-state index in [2.05, 4.69) is 10.3 Å². The number of pyridine rings is 1. The average Bonchev–Trinajstić information content (AvgIpc) is 3.34. The van der Waals surface area contributed by atoms with Gasteiger partial charge in [0.2, 0.25) is 10.0 Å². The summed E-state index contributed by atoms with van der Waals surface area (Å²) in [6, 6.07) is 6.51.